The van der Waals surface area contributed by atoms with Crippen LogP contribution in [0.15, 0.2) is 30.3 Å². The third kappa shape index (κ3) is 5.37. The fourth-order valence-corrected chi connectivity index (χ4v) is 6.94. The van der Waals surface area contributed by atoms with Crippen molar-refractivity contribution in [2.24, 2.45) is 23.0 Å². The number of carbonyl (C=O) groups excluding carboxylic acids is 3. The maximum atomic E-state index is 13.8. The molecule has 4 fully saturated rings. The minimum Gasteiger partial charge on any atom is -0.444 e. The van der Waals surface area contributed by atoms with E-state index in [0.29, 0.717) is 18.3 Å². The molecule has 4 saturated carbocycles. The molecule has 186 valence electrons. The highest BCUT2D eigenvalue weighted by Gasteiger charge is 2.61. The lowest BCUT2D eigenvalue weighted by molar-refractivity contribution is -0.177. The molecular formula is C26H37N3O5. The fourth-order valence-electron chi connectivity index (χ4n) is 6.94. The summed E-state index contributed by atoms with van der Waals surface area (Å²) in [5, 5.41) is 17.1. The molecule has 3 amide bonds. The maximum Gasteiger partial charge on any atom is 0.408 e. The number of amides is 3. The molecule has 1 aromatic rings. The van der Waals surface area contributed by atoms with Gasteiger partial charge in [0, 0.05) is 5.41 Å². The van der Waals surface area contributed by atoms with Crippen molar-refractivity contribution in [2.75, 3.05) is 0 Å². The average molecular weight is 472 g/mol. The van der Waals surface area contributed by atoms with E-state index < -0.39 is 40.7 Å². The number of primary amides is 1. The highest BCUT2D eigenvalue weighted by atomic mass is 16.6. The van der Waals surface area contributed by atoms with Gasteiger partial charge in [0.15, 0.2) is 0 Å². The summed E-state index contributed by atoms with van der Waals surface area (Å²) in [5.41, 5.74) is 4.16. The summed E-state index contributed by atoms with van der Waals surface area (Å²) in [4.78, 5) is 38.4. The van der Waals surface area contributed by atoms with Crippen LogP contribution in [0, 0.1) is 17.3 Å². The molecule has 8 heteroatoms. The lowest BCUT2D eigenvalue weighted by Gasteiger charge is -2.62. The zero-order valence-corrected chi connectivity index (χ0v) is 20.3. The second kappa shape index (κ2) is 8.87. The lowest BCUT2D eigenvalue weighted by Crippen LogP contribution is -2.66. The van der Waals surface area contributed by atoms with E-state index in [-0.39, 0.29) is 12.3 Å². The minimum absolute atomic E-state index is 0.0584. The van der Waals surface area contributed by atoms with Crippen molar-refractivity contribution in [3.05, 3.63) is 35.9 Å². The molecule has 2 unspecified atom stereocenters. The Kier molecular flexibility index (Phi) is 6.40. The third-order valence-electron chi connectivity index (χ3n) is 7.53. The molecule has 0 aliphatic heterocycles. The van der Waals surface area contributed by atoms with Gasteiger partial charge in [-0.05, 0) is 76.7 Å². The molecule has 0 saturated heterocycles. The van der Waals surface area contributed by atoms with Crippen LogP contribution in [0.25, 0.3) is 0 Å². The van der Waals surface area contributed by atoms with E-state index in [1.54, 1.807) is 20.8 Å². The lowest BCUT2D eigenvalue weighted by atomic mass is 9.46. The van der Waals surface area contributed by atoms with Gasteiger partial charge in [-0.1, -0.05) is 30.3 Å². The number of ether oxygens (including phenoxy) is 1. The number of nitrogens with two attached hydrogens (primary N) is 1. The van der Waals surface area contributed by atoms with E-state index in [0.717, 1.165) is 37.7 Å². The topological polar surface area (TPSA) is 131 Å². The summed E-state index contributed by atoms with van der Waals surface area (Å²) in [6.07, 6.45) is 3.84. The van der Waals surface area contributed by atoms with Crippen LogP contribution in [0.4, 0.5) is 4.79 Å². The van der Waals surface area contributed by atoms with Crippen molar-refractivity contribution in [2.45, 2.75) is 89.0 Å². The van der Waals surface area contributed by atoms with Gasteiger partial charge < -0.3 is 26.2 Å². The van der Waals surface area contributed by atoms with Gasteiger partial charge in [0.05, 0.1) is 18.1 Å². The van der Waals surface area contributed by atoms with Crippen molar-refractivity contribution >= 4 is 17.9 Å². The predicted molar refractivity (Wildman–Crippen MR) is 126 cm³/mol. The van der Waals surface area contributed by atoms with Crippen molar-refractivity contribution in [3.63, 3.8) is 0 Å². The highest BCUT2D eigenvalue weighted by molar-refractivity contribution is 5.87. The summed E-state index contributed by atoms with van der Waals surface area (Å²) in [7, 11) is 0. The van der Waals surface area contributed by atoms with Crippen LogP contribution in [-0.2, 0) is 14.3 Å². The van der Waals surface area contributed by atoms with E-state index in [4.69, 9.17) is 10.5 Å². The number of alkyl carbamates (subject to hydrolysis) is 1. The average Bonchev–Trinajstić information content (AvgIpc) is 2.68. The predicted octanol–water partition coefficient (Wildman–Crippen LogP) is 2.94. The molecule has 5 N–H and O–H groups in total. The molecule has 0 spiro atoms. The second-order valence-corrected chi connectivity index (χ2v) is 11.8. The molecule has 4 bridgehead atoms. The summed E-state index contributed by atoms with van der Waals surface area (Å²) < 4.78 is 5.49. The van der Waals surface area contributed by atoms with Gasteiger partial charge in [0.2, 0.25) is 11.8 Å². The Balaban J connectivity index is 1.63. The molecule has 5 rings (SSSR count). The molecule has 1 aromatic carbocycles. The first kappa shape index (κ1) is 24.5. The molecule has 34 heavy (non-hydrogen) atoms. The monoisotopic (exact) mass is 471 g/mol. The van der Waals surface area contributed by atoms with Crippen LogP contribution in [0.5, 0.6) is 0 Å². The van der Waals surface area contributed by atoms with Crippen molar-refractivity contribution in [1.29, 1.82) is 0 Å². The van der Waals surface area contributed by atoms with Crippen molar-refractivity contribution in [1.82, 2.24) is 10.6 Å². The number of hydrogen-bond acceptors (Lipinski definition) is 5. The molecule has 0 radical (unpaired) electrons. The second-order valence-electron chi connectivity index (χ2n) is 11.8. The van der Waals surface area contributed by atoms with Gasteiger partial charge in [-0.25, -0.2) is 4.79 Å². The van der Waals surface area contributed by atoms with E-state index in [1.807, 2.05) is 30.3 Å². The first-order valence-electron chi connectivity index (χ1n) is 12.2. The van der Waals surface area contributed by atoms with Gasteiger partial charge in [-0.2, -0.15) is 0 Å². The Labute approximate surface area is 201 Å². The van der Waals surface area contributed by atoms with Crippen molar-refractivity contribution < 1.29 is 24.2 Å². The zero-order valence-electron chi connectivity index (χ0n) is 20.3. The number of rotatable bonds is 7. The van der Waals surface area contributed by atoms with Gasteiger partial charge in [-0.15, -0.1) is 0 Å². The van der Waals surface area contributed by atoms with Crippen LogP contribution in [0.2, 0.25) is 0 Å². The molecule has 4 atom stereocenters. The molecule has 4 aliphatic rings. The highest BCUT2D eigenvalue weighted by Crippen LogP contribution is 2.62. The normalized spacial score (nSPS) is 31.4. The van der Waals surface area contributed by atoms with Crippen LogP contribution in [0.3, 0.4) is 0 Å². The number of aliphatic hydroxyl groups is 1. The van der Waals surface area contributed by atoms with E-state index >= 15 is 0 Å². The zero-order chi connectivity index (χ0) is 24.7. The van der Waals surface area contributed by atoms with Gasteiger partial charge >= 0.3 is 6.09 Å². The van der Waals surface area contributed by atoms with E-state index in [1.165, 1.54) is 0 Å². The van der Waals surface area contributed by atoms with E-state index in [9.17, 15) is 19.5 Å². The third-order valence-corrected chi connectivity index (χ3v) is 7.53. The quantitative estimate of drug-likeness (QED) is 0.486. The Hall–Kier alpha value is -2.61. The fraction of sp³-hybridized carbons (Fsp3) is 0.654. The number of benzene rings is 1. The summed E-state index contributed by atoms with van der Waals surface area (Å²) in [5.74, 6) is -0.253. The molecule has 8 nitrogen and oxygen atoms in total. The first-order chi connectivity index (χ1) is 15.9. The Morgan fingerprint density at radius 3 is 2.24 bits per heavy atom. The molecule has 4 aliphatic carbocycles. The van der Waals surface area contributed by atoms with Crippen LogP contribution in [-0.4, -0.2) is 40.3 Å². The molecule has 0 heterocycles. The number of nitrogens with one attached hydrogen (secondary N) is 2. The number of carbonyl (C=O) groups is 3. The van der Waals surface area contributed by atoms with Crippen LogP contribution in [0.1, 0.15) is 77.3 Å². The Bertz CT molecular complexity index is 928. The smallest absolute Gasteiger partial charge is 0.408 e. The first-order valence-corrected chi connectivity index (χ1v) is 12.2. The summed E-state index contributed by atoms with van der Waals surface area (Å²) in [6.45, 7) is 5.31. The molecular weight excluding hydrogens is 434 g/mol. The van der Waals surface area contributed by atoms with Crippen LogP contribution < -0.4 is 16.4 Å². The van der Waals surface area contributed by atoms with Gasteiger partial charge in [-0.3, -0.25) is 9.59 Å². The standard InChI is InChI=1S/C26H37N3O5/c1-24(2,3)34-23(32)29-21(25-11-16-9-17(12-25)14-26(33,13-16)15-25)22(31)28-19(10-20(27)30)18-7-5-4-6-8-18/h4-8,16-17,19,21,33H,9-15H2,1-3H3,(H2,27,30)(H,28,31)(H,29,32)/t16?,17?,19-,21+,25?,26?/m1/s1. The summed E-state index contributed by atoms with van der Waals surface area (Å²) >= 11 is 0. The minimum atomic E-state index is -0.890. The summed E-state index contributed by atoms with van der Waals surface area (Å²) in [6, 6.07) is 7.68. The number of hydrogen-bond donors (Lipinski definition) is 4. The largest absolute Gasteiger partial charge is 0.444 e. The van der Waals surface area contributed by atoms with Gasteiger partial charge in [0.25, 0.3) is 0 Å². The van der Waals surface area contributed by atoms with Gasteiger partial charge in [0.1, 0.15) is 11.6 Å². The molecule has 0 aromatic heterocycles. The Morgan fingerprint density at radius 1 is 1.09 bits per heavy atom. The SMILES string of the molecule is CC(C)(C)OC(=O)N[C@@H](C(=O)N[C@H](CC(N)=O)c1ccccc1)C12CC3CC(CC(O)(C3)C1)C2. The van der Waals surface area contributed by atoms with E-state index in [2.05, 4.69) is 10.6 Å². The maximum absolute atomic E-state index is 13.8. The Morgan fingerprint density at radius 2 is 1.71 bits per heavy atom. The van der Waals surface area contributed by atoms with Crippen LogP contribution >= 0.6 is 0 Å². The van der Waals surface area contributed by atoms with Crippen molar-refractivity contribution in [3.8, 4) is 0 Å².